The highest BCUT2D eigenvalue weighted by Crippen LogP contribution is 2.19. The molecule has 0 bridgehead atoms. The van der Waals surface area contributed by atoms with Crippen LogP contribution in [0.25, 0.3) is 0 Å². The summed E-state index contributed by atoms with van der Waals surface area (Å²) in [6, 6.07) is 0.898. The molecule has 4 unspecified atom stereocenters. The monoisotopic (exact) mass is 235 g/mol. The van der Waals surface area contributed by atoms with Gasteiger partial charge in [0.1, 0.15) is 0 Å². The third-order valence-electron chi connectivity index (χ3n) is 2.81. The molecule has 5 heteroatoms. The van der Waals surface area contributed by atoms with Crippen molar-refractivity contribution in [2.75, 3.05) is 14.1 Å². The van der Waals surface area contributed by atoms with Crippen LogP contribution in [0.15, 0.2) is 0 Å². The maximum atomic E-state index is 4.49. The van der Waals surface area contributed by atoms with Gasteiger partial charge in [0.05, 0.1) is 10.7 Å². The molecule has 0 spiro atoms. The predicted octanol–water partition coefficient (Wildman–Crippen LogP) is 0.448. The second-order valence-electron chi connectivity index (χ2n) is 3.78. The summed E-state index contributed by atoms with van der Waals surface area (Å²) in [5, 5.41) is 10.4. The number of rotatable bonds is 4. The van der Waals surface area contributed by atoms with Crippen molar-refractivity contribution in [3.63, 3.8) is 0 Å². The lowest BCUT2D eigenvalue weighted by Crippen LogP contribution is -2.55. The molecule has 0 saturated carbocycles. The molecular formula is C9H21N3S2. The first-order valence-electron chi connectivity index (χ1n) is 5.15. The smallest absolute Gasteiger partial charge is 0.0655 e. The van der Waals surface area contributed by atoms with Gasteiger partial charge in [0.15, 0.2) is 0 Å². The molecule has 1 heterocycles. The topological polar surface area (TPSA) is 36.1 Å². The predicted molar refractivity (Wildman–Crippen MR) is 68.2 cm³/mol. The lowest BCUT2D eigenvalue weighted by molar-refractivity contribution is 0.291. The number of hydrogen-bond acceptors (Lipinski definition) is 5. The van der Waals surface area contributed by atoms with Crippen molar-refractivity contribution in [3.8, 4) is 0 Å². The van der Waals surface area contributed by atoms with E-state index < -0.39 is 0 Å². The molecule has 3 N–H and O–H groups in total. The van der Waals surface area contributed by atoms with Gasteiger partial charge in [-0.2, -0.15) is 25.3 Å². The molecule has 14 heavy (non-hydrogen) atoms. The van der Waals surface area contributed by atoms with Crippen LogP contribution in [-0.2, 0) is 0 Å². The minimum absolute atomic E-state index is 0.232. The van der Waals surface area contributed by atoms with Gasteiger partial charge >= 0.3 is 0 Å². The number of hydrogen-bond donors (Lipinski definition) is 5. The fourth-order valence-electron chi connectivity index (χ4n) is 1.90. The van der Waals surface area contributed by atoms with Crippen molar-refractivity contribution in [1.29, 1.82) is 0 Å². The van der Waals surface area contributed by atoms with Gasteiger partial charge in [-0.3, -0.25) is 0 Å². The number of thiol groups is 2. The molecule has 4 atom stereocenters. The fourth-order valence-corrected chi connectivity index (χ4v) is 2.37. The van der Waals surface area contributed by atoms with E-state index in [1.807, 2.05) is 14.1 Å². The molecule has 0 aromatic carbocycles. The van der Waals surface area contributed by atoms with Gasteiger partial charge in [0.2, 0.25) is 0 Å². The molecule has 1 rings (SSSR count). The molecule has 0 aliphatic carbocycles. The normalized spacial score (nSPS) is 32.6. The van der Waals surface area contributed by atoms with Gasteiger partial charge in [-0.15, -0.1) is 0 Å². The Kier molecular flexibility index (Phi) is 5.62. The van der Waals surface area contributed by atoms with E-state index in [0.29, 0.717) is 12.1 Å². The van der Waals surface area contributed by atoms with Crippen LogP contribution in [0.1, 0.15) is 19.3 Å². The van der Waals surface area contributed by atoms with Crippen LogP contribution in [0.5, 0.6) is 0 Å². The van der Waals surface area contributed by atoms with E-state index in [4.69, 9.17) is 0 Å². The molecule has 1 aliphatic heterocycles. The Balaban J connectivity index is 2.43. The van der Waals surface area contributed by atoms with E-state index in [1.165, 1.54) is 19.3 Å². The van der Waals surface area contributed by atoms with E-state index in [-0.39, 0.29) is 10.7 Å². The SMILES string of the molecule is CNC(S)C1CCCC(C(S)NC)N1. The van der Waals surface area contributed by atoms with E-state index >= 15 is 0 Å². The third kappa shape index (κ3) is 3.31. The zero-order valence-corrected chi connectivity index (χ0v) is 10.6. The Labute approximate surface area is 97.6 Å². The van der Waals surface area contributed by atoms with Gasteiger partial charge in [0, 0.05) is 12.1 Å². The van der Waals surface area contributed by atoms with Crippen LogP contribution in [0.2, 0.25) is 0 Å². The molecule has 0 aromatic rings. The van der Waals surface area contributed by atoms with Crippen molar-refractivity contribution < 1.29 is 0 Å². The van der Waals surface area contributed by atoms with Crippen LogP contribution >= 0.6 is 25.3 Å². The summed E-state index contributed by atoms with van der Waals surface area (Å²) >= 11 is 8.98. The average Bonchev–Trinajstić information content (AvgIpc) is 2.27. The van der Waals surface area contributed by atoms with Crippen LogP contribution in [-0.4, -0.2) is 36.9 Å². The number of nitrogens with one attached hydrogen (secondary N) is 3. The summed E-state index contributed by atoms with van der Waals surface area (Å²) in [7, 11) is 3.89. The van der Waals surface area contributed by atoms with Crippen LogP contribution in [0, 0.1) is 0 Å². The number of likely N-dealkylation sites (N-methyl/N-ethyl adjacent to an activating group) is 2. The Bertz CT molecular complexity index is 152. The first kappa shape index (κ1) is 12.6. The third-order valence-corrected chi connectivity index (χ3v) is 4.05. The molecule has 1 aliphatic rings. The second-order valence-corrected chi connectivity index (χ2v) is 4.89. The summed E-state index contributed by atoms with van der Waals surface area (Å²) in [4.78, 5) is 0. The molecular weight excluding hydrogens is 214 g/mol. The summed E-state index contributed by atoms with van der Waals surface area (Å²) in [6.45, 7) is 0. The van der Waals surface area contributed by atoms with Gasteiger partial charge in [-0.1, -0.05) is 6.42 Å². The molecule has 0 amide bonds. The quantitative estimate of drug-likeness (QED) is 0.363. The van der Waals surface area contributed by atoms with Crippen molar-refractivity contribution in [3.05, 3.63) is 0 Å². The highest BCUT2D eigenvalue weighted by Gasteiger charge is 2.27. The lowest BCUT2D eigenvalue weighted by atomic mass is 9.98. The highest BCUT2D eigenvalue weighted by molar-refractivity contribution is 7.81. The molecule has 1 fully saturated rings. The Morgan fingerprint density at radius 1 is 1.07 bits per heavy atom. The van der Waals surface area contributed by atoms with Crippen LogP contribution < -0.4 is 16.0 Å². The van der Waals surface area contributed by atoms with E-state index in [1.54, 1.807) is 0 Å². The van der Waals surface area contributed by atoms with Crippen molar-refractivity contribution in [2.45, 2.75) is 42.1 Å². The standard InChI is InChI=1S/C9H21N3S2/c1-10-8(13)6-4-3-5-7(12-6)9(14)11-2/h6-14H,3-5H2,1-2H3. The molecule has 84 valence electrons. The van der Waals surface area contributed by atoms with Crippen LogP contribution in [0.4, 0.5) is 0 Å². The second kappa shape index (κ2) is 6.23. The largest absolute Gasteiger partial charge is 0.307 e. The first-order chi connectivity index (χ1) is 6.69. The summed E-state index contributed by atoms with van der Waals surface area (Å²) in [6.07, 6.45) is 3.63. The van der Waals surface area contributed by atoms with Crippen molar-refractivity contribution in [1.82, 2.24) is 16.0 Å². The van der Waals surface area contributed by atoms with Gasteiger partial charge < -0.3 is 16.0 Å². The first-order valence-corrected chi connectivity index (χ1v) is 6.19. The molecule has 0 aromatic heterocycles. The maximum absolute atomic E-state index is 4.49. The summed E-state index contributed by atoms with van der Waals surface area (Å²) in [5.41, 5.74) is 0. The van der Waals surface area contributed by atoms with Gasteiger partial charge in [-0.25, -0.2) is 0 Å². The lowest BCUT2D eigenvalue weighted by Gasteiger charge is -2.36. The molecule has 3 nitrogen and oxygen atoms in total. The van der Waals surface area contributed by atoms with Crippen molar-refractivity contribution in [2.24, 2.45) is 0 Å². The van der Waals surface area contributed by atoms with Crippen molar-refractivity contribution >= 4 is 25.3 Å². The fraction of sp³-hybridized carbons (Fsp3) is 1.00. The minimum atomic E-state index is 0.232. The maximum Gasteiger partial charge on any atom is 0.0655 e. The minimum Gasteiger partial charge on any atom is -0.307 e. The summed E-state index contributed by atoms with van der Waals surface area (Å²) in [5.74, 6) is 0. The van der Waals surface area contributed by atoms with E-state index in [0.717, 1.165) is 0 Å². The van der Waals surface area contributed by atoms with Gasteiger partial charge in [0.25, 0.3) is 0 Å². The zero-order valence-electron chi connectivity index (χ0n) is 8.83. The number of piperidine rings is 1. The molecule has 0 radical (unpaired) electrons. The average molecular weight is 235 g/mol. The van der Waals surface area contributed by atoms with Crippen LogP contribution in [0.3, 0.4) is 0 Å². The van der Waals surface area contributed by atoms with E-state index in [9.17, 15) is 0 Å². The van der Waals surface area contributed by atoms with Gasteiger partial charge in [-0.05, 0) is 26.9 Å². The zero-order chi connectivity index (χ0) is 10.6. The highest BCUT2D eigenvalue weighted by atomic mass is 32.1. The van der Waals surface area contributed by atoms with E-state index in [2.05, 4.69) is 41.2 Å². The summed E-state index contributed by atoms with van der Waals surface area (Å²) < 4.78 is 0. The molecule has 1 saturated heterocycles. The Morgan fingerprint density at radius 3 is 1.86 bits per heavy atom. The Hall–Kier alpha value is 0.580. The Morgan fingerprint density at radius 2 is 1.50 bits per heavy atom.